The number of esters is 2. The third kappa shape index (κ3) is 8.27. The highest BCUT2D eigenvalue weighted by atomic mass is 19.4. The van der Waals surface area contributed by atoms with Crippen LogP contribution in [-0.4, -0.2) is 18.5 Å². The molecule has 0 bridgehead atoms. The lowest BCUT2D eigenvalue weighted by atomic mass is 10.0. The summed E-state index contributed by atoms with van der Waals surface area (Å²) in [6, 6.07) is 2.46. The summed E-state index contributed by atoms with van der Waals surface area (Å²) in [6.45, 7) is 4.44. The van der Waals surface area contributed by atoms with Gasteiger partial charge in [-0.2, -0.15) is 13.2 Å². The zero-order valence-electron chi connectivity index (χ0n) is 16.1. The van der Waals surface area contributed by atoms with Crippen molar-refractivity contribution in [3.8, 4) is 5.75 Å². The number of ether oxygens (including phenoxy) is 2. The van der Waals surface area contributed by atoms with E-state index in [9.17, 15) is 27.2 Å². The van der Waals surface area contributed by atoms with Gasteiger partial charge in [-0.3, -0.25) is 9.59 Å². The Balaban J connectivity index is 2.40. The molecule has 1 aromatic rings. The van der Waals surface area contributed by atoms with E-state index in [0.717, 1.165) is 37.8 Å². The van der Waals surface area contributed by atoms with Crippen LogP contribution in [-0.2, 0) is 20.5 Å². The lowest BCUT2D eigenvalue weighted by Crippen LogP contribution is -2.15. The van der Waals surface area contributed by atoms with Crippen molar-refractivity contribution in [1.82, 2.24) is 0 Å². The molecule has 1 atom stereocenters. The van der Waals surface area contributed by atoms with Gasteiger partial charge in [0.05, 0.1) is 12.2 Å². The Morgan fingerprint density at radius 3 is 2.36 bits per heavy atom. The molecule has 4 nitrogen and oxygen atoms in total. The number of unbranched alkanes of at least 4 members (excludes halogenated alkanes) is 1. The maximum atomic E-state index is 13.8. The highest BCUT2D eigenvalue weighted by Crippen LogP contribution is 2.34. The van der Waals surface area contributed by atoms with Gasteiger partial charge in [0, 0.05) is 12.8 Å². The largest absolute Gasteiger partial charge is 0.465 e. The van der Waals surface area contributed by atoms with E-state index in [-0.39, 0.29) is 19.3 Å². The van der Waals surface area contributed by atoms with E-state index in [1.165, 1.54) is 0 Å². The summed E-state index contributed by atoms with van der Waals surface area (Å²) in [4.78, 5) is 23.4. The second-order valence-corrected chi connectivity index (χ2v) is 6.54. The van der Waals surface area contributed by atoms with E-state index in [0.29, 0.717) is 18.6 Å². The fraction of sp³-hybridized carbons (Fsp3) is 0.600. The van der Waals surface area contributed by atoms with Crippen LogP contribution in [0, 0.1) is 11.7 Å². The number of alkyl halides is 3. The van der Waals surface area contributed by atoms with E-state index in [4.69, 9.17) is 4.74 Å². The third-order valence-corrected chi connectivity index (χ3v) is 4.28. The fourth-order valence-electron chi connectivity index (χ4n) is 2.54. The van der Waals surface area contributed by atoms with Crippen LogP contribution in [0.1, 0.15) is 64.4 Å². The molecule has 158 valence electrons. The van der Waals surface area contributed by atoms with Crippen LogP contribution in [0.5, 0.6) is 5.75 Å². The first-order valence-electron chi connectivity index (χ1n) is 9.41. The van der Waals surface area contributed by atoms with Crippen molar-refractivity contribution in [2.24, 2.45) is 5.92 Å². The minimum atomic E-state index is -4.89. The summed E-state index contributed by atoms with van der Waals surface area (Å²) in [5.41, 5.74) is -1.50. The molecule has 0 aromatic heterocycles. The lowest BCUT2D eigenvalue weighted by molar-refractivity contribution is -0.145. The topological polar surface area (TPSA) is 52.6 Å². The molecule has 0 spiro atoms. The van der Waals surface area contributed by atoms with Gasteiger partial charge < -0.3 is 9.47 Å². The Hall–Kier alpha value is -2.12. The van der Waals surface area contributed by atoms with Crippen molar-refractivity contribution < 1.29 is 36.6 Å². The number of halogens is 4. The van der Waals surface area contributed by atoms with Crippen LogP contribution in [0.15, 0.2) is 18.2 Å². The van der Waals surface area contributed by atoms with Crippen LogP contribution in [0.2, 0.25) is 0 Å². The minimum absolute atomic E-state index is 0.0234. The van der Waals surface area contributed by atoms with Gasteiger partial charge in [0.2, 0.25) is 0 Å². The fourth-order valence-corrected chi connectivity index (χ4v) is 2.54. The van der Waals surface area contributed by atoms with Crippen molar-refractivity contribution in [3.63, 3.8) is 0 Å². The molecule has 0 aliphatic heterocycles. The van der Waals surface area contributed by atoms with Gasteiger partial charge in [-0.1, -0.05) is 39.2 Å². The van der Waals surface area contributed by atoms with Crippen LogP contribution >= 0.6 is 0 Å². The monoisotopic (exact) mass is 406 g/mol. The van der Waals surface area contributed by atoms with Crippen molar-refractivity contribution in [1.29, 1.82) is 0 Å². The van der Waals surface area contributed by atoms with Crippen molar-refractivity contribution in [3.05, 3.63) is 29.6 Å². The molecule has 0 saturated carbocycles. The highest BCUT2D eigenvalue weighted by Gasteiger charge is 2.35. The van der Waals surface area contributed by atoms with E-state index in [1.807, 2.05) is 6.92 Å². The molecule has 28 heavy (non-hydrogen) atoms. The summed E-state index contributed by atoms with van der Waals surface area (Å²) in [5, 5.41) is 0. The van der Waals surface area contributed by atoms with Crippen molar-refractivity contribution in [2.45, 2.75) is 65.0 Å². The molecule has 0 saturated heterocycles. The number of hydrogen-bond donors (Lipinski definition) is 0. The number of carbonyl (C=O) groups excluding carboxylic acids is 2. The van der Waals surface area contributed by atoms with E-state index >= 15 is 0 Å². The summed E-state index contributed by atoms with van der Waals surface area (Å²) >= 11 is 0. The zero-order valence-corrected chi connectivity index (χ0v) is 16.1. The molecule has 0 aliphatic carbocycles. The highest BCUT2D eigenvalue weighted by molar-refractivity contribution is 5.74. The standard InChI is InChI=1S/C20H26F4O4/c1-3-5-8-14(4-2)13-27-17(25)11-7-12-18(26)28-16-10-6-9-15(19(16)21)20(22,23)24/h6,9-10,14H,3-5,7-8,11-13H2,1-2H3. The summed E-state index contributed by atoms with van der Waals surface area (Å²) in [6.07, 6.45) is -1.03. The van der Waals surface area contributed by atoms with Gasteiger partial charge in [-0.15, -0.1) is 0 Å². The van der Waals surface area contributed by atoms with Crippen LogP contribution in [0.4, 0.5) is 17.6 Å². The lowest BCUT2D eigenvalue weighted by Gasteiger charge is -2.14. The van der Waals surface area contributed by atoms with Crippen LogP contribution < -0.4 is 4.74 Å². The molecule has 0 radical (unpaired) electrons. The maximum absolute atomic E-state index is 13.8. The average Bonchev–Trinajstić information content (AvgIpc) is 2.62. The van der Waals surface area contributed by atoms with Gasteiger partial charge in [0.15, 0.2) is 11.6 Å². The predicted molar refractivity (Wildman–Crippen MR) is 95.2 cm³/mol. The Labute approximate surface area is 162 Å². The molecule has 0 aliphatic rings. The molecule has 0 amide bonds. The third-order valence-electron chi connectivity index (χ3n) is 4.28. The Morgan fingerprint density at radius 2 is 1.75 bits per heavy atom. The van der Waals surface area contributed by atoms with E-state index < -0.39 is 35.2 Å². The molecule has 8 heteroatoms. The van der Waals surface area contributed by atoms with Gasteiger partial charge in [0.25, 0.3) is 0 Å². The second-order valence-electron chi connectivity index (χ2n) is 6.54. The molecular formula is C20H26F4O4. The van der Waals surface area contributed by atoms with Gasteiger partial charge >= 0.3 is 18.1 Å². The molecular weight excluding hydrogens is 380 g/mol. The summed E-state index contributed by atoms with van der Waals surface area (Å²) in [7, 11) is 0. The van der Waals surface area contributed by atoms with Crippen molar-refractivity contribution in [2.75, 3.05) is 6.61 Å². The van der Waals surface area contributed by atoms with E-state index in [1.54, 1.807) is 0 Å². The quantitative estimate of drug-likeness (QED) is 0.270. The first kappa shape index (κ1) is 23.9. The van der Waals surface area contributed by atoms with Gasteiger partial charge in [-0.05, 0) is 30.9 Å². The number of hydrogen-bond acceptors (Lipinski definition) is 4. The first-order chi connectivity index (χ1) is 13.2. The molecule has 0 N–H and O–H groups in total. The molecule has 0 fully saturated rings. The zero-order chi connectivity index (χ0) is 21.2. The number of carbonyl (C=O) groups is 2. The Kier molecular flexibility index (Phi) is 9.96. The molecule has 1 rings (SSSR count). The van der Waals surface area contributed by atoms with Gasteiger partial charge in [-0.25, -0.2) is 4.39 Å². The van der Waals surface area contributed by atoms with Crippen LogP contribution in [0.25, 0.3) is 0 Å². The van der Waals surface area contributed by atoms with Crippen molar-refractivity contribution >= 4 is 11.9 Å². The SMILES string of the molecule is CCCCC(CC)COC(=O)CCCC(=O)Oc1cccc(C(F)(F)F)c1F. The Bertz CT molecular complexity index is 644. The summed E-state index contributed by atoms with van der Waals surface area (Å²) < 4.78 is 61.6. The first-order valence-corrected chi connectivity index (χ1v) is 9.41. The normalized spacial score (nSPS) is 12.5. The number of rotatable bonds is 11. The second kappa shape index (κ2) is 11.7. The minimum Gasteiger partial charge on any atom is -0.465 e. The summed E-state index contributed by atoms with van der Waals surface area (Å²) in [5.74, 6) is -3.49. The van der Waals surface area contributed by atoms with Crippen LogP contribution in [0.3, 0.4) is 0 Å². The maximum Gasteiger partial charge on any atom is 0.419 e. The molecule has 0 heterocycles. The average molecular weight is 406 g/mol. The smallest absolute Gasteiger partial charge is 0.419 e. The van der Waals surface area contributed by atoms with E-state index in [2.05, 4.69) is 11.7 Å². The number of benzene rings is 1. The van der Waals surface area contributed by atoms with Gasteiger partial charge in [0.1, 0.15) is 0 Å². The molecule has 1 unspecified atom stereocenters. The predicted octanol–water partition coefficient (Wildman–Crippen LogP) is 5.68. The Morgan fingerprint density at radius 1 is 1.07 bits per heavy atom. The molecule has 1 aromatic carbocycles.